The predicted octanol–water partition coefficient (Wildman–Crippen LogP) is 2.85. The van der Waals surface area contributed by atoms with Crippen molar-refractivity contribution in [2.75, 3.05) is 24.5 Å². The number of anilines is 1. The Morgan fingerprint density at radius 1 is 1.22 bits per heavy atom. The number of nitrogens with one attached hydrogen (secondary N) is 1. The molecule has 98 valence electrons. The highest BCUT2D eigenvalue weighted by Crippen LogP contribution is 2.37. The van der Waals surface area contributed by atoms with E-state index in [0.717, 1.165) is 25.5 Å². The van der Waals surface area contributed by atoms with Crippen LogP contribution >= 0.6 is 11.6 Å². The average Bonchev–Trinajstić information content (AvgIpc) is 2.42. The van der Waals surface area contributed by atoms with E-state index in [-0.39, 0.29) is 5.54 Å². The van der Waals surface area contributed by atoms with Crippen molar-refractivity contribution >= 4 is 17.4 Å². The van der Waals surface area contributed by atoms with E-state index in [1.54, 1.807) is 6.20 Å². The van der Waals surface area contributed by atoms with E-state index in [1.165, 1.54) is 32.1 Å². The van der Waals surface area contributed by atoms with Gasteiger partial charge >= 0.3 is 0 Å². The second-order valence-electron chi connectivity index (χ2n) is 5.45. The minimum Gasteiger partial charge on any atom is -0.348 e. The van der Waals surface area contributed by atoms with Gasteiger partial charge in [0, 0.05) is 25.8 Å². The van der Waals surface area contributed by atoms with Gasteiger partial charge in [-0.15, -0.1) is 0 Å². The molecule has 0 amide bonds. The molecule has 2 fully saturated rings. The summed E-state index contributed by atoms with van der Waals surface area (Å²) in [6, 6.07) is 4.01. The Bertz CT molecular complexity index is 390. The second kappa shape index (κ2) is 5.06. The van der Waals surface area contributed by atoms with Crippen LogP contribution in [-0.2, 0) is 0 Å². The van der Waals surface area contributed by atoms with Gasteiger partial charge in [-0.1, -0.05) is 30.9 Å². The molecular formula is C14H20ClN3. The Morgan fingerprint density at radius 3 is 2.78 bits per heavy atom. The van der Waals surface area contributed by atoms with Crippen molar-refractivity contribution in [2.24, 2.45) is 0 Å². The normalized spacial score (nSPS) is 23.3. The van der Waals surface area contributed by atoms with Gasteiger partial charge in [-0.2, -0.15) is 0 Å². The Morgan fingerprint density at radius 2 is 2.06 bits per heavy atom. The Kier molecular flexibility index (Phi) is 3.44. The number of hydrogen-bond donors (Lipinski definition) is 1. The molecule has 2 aliphatic rings. The summed E-state index contributed by atoms with van der Waals surface area (Å²) in [5, 5.41) is 4.28. The van der Waals surface area contributed by atoms with Crippen LogP contribution in [0.15, 0.2) is 18.3 Å². The average molecular weight is 266 g/mol. The maximum atomic E-state index is 5.93. The minimum absolute atomic E-state index is 0.289. The van der Waals surface area contributed by atoms with E-state index in [0.29, 0.717) is 5.02 Å². The van der Waals surface area contributed by atoms with Gasteiger partial charge in [-0.25, -0.2) is 4.98 Å². The van der Waals surface area contributed by atoms with Crippen molar-refractivity contribution in [1.29, 1.82) is 0 Å². The van der Waals surface area contributed by atoms with Crippen molar-refractivity contribution in [3.05, 3.63) is 23.4 Å². The zero-order valence-electron chi connectivity index (χ0n) is 10.7. The molecule has 0 bridgehead atoms. The minimum atomic E-state index is 0.289. The third-order valence-corrected chi connectivity index (χ3v) is 4.53. The number of aromatic nitrogens is 1. The molecule has 1 aliphatic heterocycles. The summed E-state index contributed by atoms with van der Waals surface area (Å²) in [6.07, 6.45) is 8.38. The lowest BCUT2D eigenvalue weighted by Gasteiger charge is -2.50. The van der Waals surface area contributed by atoms with Gasteiger partial charge in [-0.05, 0) is 25.0 Å². The molecule has 3 rings (SSSR count). The fraction of sp³-hybridized carbons (Fsp3) is 0.643. The van der Waals surface area contributed by atoms with Crippen LogP contribution in [0.2, 0.25) is 5.02 Å². The summed E-state index contributed by atoms with van der Waals surface area (Å²) in [7, 11) is 0. The Labute approximate surface area is 114 Å². The summed E-state index contributed by atoms with van der Waals surface area (Å²) in [5.74, 6) is 1.09. The predicted molar refractivity (Wildman–Crippen MR) is 75.3 cm³/mol. The third kappa shape index (κ3) is 2.21. The molecule has 1 N–H and O–H groups in total. The lowest BCUT2D eigenvalue weighted by molar-refractivity contribution is 0.240. The molecule has 1 aromatic rings. The van der Waals surface area contributed by atoms with Gasteiger partial charge in [0.1, 0.15) is 5.82 Å². The number of pyridine rings is 1. The van der Waals surface area contributed by atoms with E-state index in [1.807, 2.05) is 6.07 Å². The summed E-state index contributed by atoms with van der Waals surface area (Å²) in [5.41, 5.74) is 0.289. The van der Waals surface area contributed by atoms with Gasteiger partial charge in [0.15, 0.2) is 0 Å². The molecule has 0 atom stereocenters. The van der Waals surface area contributed by atoms with Crippen LogP contribution in [0.1, 0.15) is 32.1 Å². The molecule has 2 heterocycles. The van der Waals surface area contributed by atoms with Crippen LogP contribution in [0, 0.1) is 0 Å². The molecule has 1 spiro atoms. The van der Waals surface area contributed by atoms with Crippen LogP contribution in [0.3, 0.4) is 0 Å². The van der Waals surface area contributed by atoms with Crippen molar-refractivity contribution in [3.8, 4) is 0 Å². The molecule has 0 aromatic carbocycles. The van der Waals surface area contributed by atoms with Crippen LogP contribution in [0.25, 0.3) is 0 Å². The molecule has 0 unspecified atom stereocenters. The molecule has 0 radical (unpaired) electrons. The van der Waals surface area contributed by atoms with Crippen LogP contribution in [0.4, 0.5) is 5.82 Å². The maximum Gasteiger partial charge on any atom is 0.129 e. The van der Waals surface area contributed by atoms with Crippen LogP contribution in [0.5, 0.6) is 0 Å². The first-order valence-electron chi connectivity index (χ1n) is 6.90. The zero-order chi connectivity index (χ0) is 12.4. The van der Waals surface area contributed by atoms with Crippen molar-refractivity contribution in [2.45, 2.75) is 37.6 Å². The lowest BCUT2D eigenvalue weighted by atomic mass is 9.79. The molecule has 1 saturated carbocycles. The van der Waals surface area contributed by atoms with E-state index in [4.69, 9.17) is 11.6 Å². The largest absolute Gasteiger partial charge is 0.348 e. The zero-order valence-corrected chi connectivity index (χ0v) is 11.4. The number of hydrogen-bond acceptors (Lipinski definition) is 3. The monoisotopic (exact) mass is 265 g/mol. The maximum absolute atomic E-state index is 5.93. The first-order chi connectivity index (χ1) is 8.80. The fourth-order valence-electron chi connectivity index (χ4n) is 3.39. The topological polar surface area (TPSA) is 28.2 Å². The highest BCUT2D eigenvalue weighted by Gasteiger charge is 2.40. The smallest absolute Gasteiger partial charge is 0.129 e. The number of rotatable bonds is 1. The highest BCUT2D eigenvalue weighted by atomic mass is 35.5. The van der Waals surface area contributed by atoms with Crippen molar-refractivity contribution in [3.63, 3.8) is 0 Å². The van der Waals surface area contributed by atoms with Crippen LogP contribution < -0.4 is 10.2 Å². The van der Waals surface area contributed by atoms with Gasteiger partial charge in [0.05, 0.1) is 10.6 Å². The fourth-order valence-corrected chi connectivity index (χ4v) is 3.50. The molecule has 1 saturated heterocycles. The van der Waals surface area contributed by atoms with E-state index in [2.05, 4.69) is 21.3 Å². The van der Waals surface area contributed by atoms with Gasteiger partial charge in [0.2, 0.25) is 0 Å². The molecular weight excluding hydrogens is 246 g/mol. The standard InChI is InChI=1S/C14H20ClN3/c15-12-4-5-13(17-10-12)18-9-8-16-11-14(18)6-2-1-3-7-14/h4-5,10,16H,1-3,6-9,11H2. The number of nitrogens with zero attached hydrogens (tertiary/aromatic N) is 2. The quantitative estimate of drug-likeness (QED) is 0.846. The summed E-state index contributed by atoms with van der Waals surface area (Å²) < 4.78 is 0. The molecule has 1 aromatic heterocycles. The van der Waals surface area contributed by atoms with Gasteiger partial charge in [0.25, 0.3) is 0 Å². The number of piperazine rings is 1. The number of halogens is 1. The Hall–Kier alpha value is -0.800. The Balaban J connectivity index is 1.89. The third-order valence-electron chi connectivity index (χ3n) is 4.31. The summed E-state index contributed by atoms with van der Waals surface area (Å²) >= 11 is 5.93. The van der Waals surface area contributed by atoms with Crippen molar-refractivity contribution in [1.82, 2.24) is 10.3 Å². The lowest BCUT2D eigenvalue weighted by Crippen LogP contribution is -2.62. The highest BCUT2D eigenvalue weighted by molar-refractivity contribution is 6.30. The SMILES string of the molecule is Clc1ccc(N2CCNCC23CCCCC3)nc1. The van der Waals surface area contributed by atoms with E-state index in [9.17, 15) is 0 Å². The first-order valence-corrected chi connectivity index (χ1v) is 7.28. The summed E-state index contributed by atoms with van der Waals surface area (Å²) in [6.45, 7) is 3.19. The van der Waals surface area contributed by atoms with Gasteiger partial charge in [-0.3, -0.25) is 0 Å². The molecule has 18 heavy (non-hydrogen) atoms. The van der Waals surface area contributed by atoms with Crippen LogP contribution in [-0.4, -0.2) is 30.2 Å². The molecule has 1 aliphatic carbocycles. The van der Waals surface area contributed by atoms with E-state index >= 15 is 0 Å². The van der Waals surface area contributed by atoms with Crippen molar-refractivity contribution < 1.29 is 0 Å². The molecule has 4 heteroatoms. The second-order valence-corrected chi connectivity index (χ2v) is 5.88. The summed E-state index contributed by atoms with van der Waals surface area (Å²) in [4.78, 5) is 7.03. The van der Waals surface area contributed by atoms with E-state index < -0.39 is 0 Å². The molecule has 3 nitrogen and oxygen atoms in total. The van der Waals surface area contributed by atoms with Gasteiger partial charge < -0.3 is 10.2 Å². The first kappa shape index (κ1) is 12.2.